The number of phenols is 1. The van der Waals surface area contributed by atoms with Gasteiger partial charge < -0.3 is 14.6 Å². The zero-order valence-corrected chi connectivity index (χ0v) is 16.4. The number of aryl methyl sites for hydroxylation is 1. The molecule has 2 aromatic carbocycles. The molecule has 0 saturated heterocycles. The summed E-state index contributed by atoms with van der Waals surface area (Å²) in [5.74, 6) is 0.699. The van der Waals surface area contributed by atoms with Crippen LogP contribution in [-0.2, 0) is 0 Å². The summed E-state index contributed by atoms with van der Waals surface area (Å²) in [5, 5.41) is 24.9. The zero-order valence-electron chi connectivity index (χ0n) is 15.7. The fourth-order valence-electron chi connectivity index (χ4n) is 3.39. The van der Waals surface area contributed by atoms with Crippen molar-refractivity contribution < 1.29 is 14.6 Å². The van der Waals surface area contributed by atoms with Crippen molar-refractivity contribution in [2.75, 3.05) is 7.11 Å². The highest BCUT2D eigenvalue weighted by Crippen LogP contribution is 2.43. The first-order valence-electron chi connectivity index (χ1n) is 8.74. The molecule has 1 aliphatic heterocycles. The maximum atomic E-state index is 9.95. The number of hydrogen-bond acceptors (Lipinski definition) is 6. The third-order valence-corrected chi connectivity index (χ3v) is 4.94. The first kappa shape index (κ1) is 18.9. The van der Waals surface area contributed by atoms with Crippen LogP contribution in [0.1, 0.15) is 16.8 Å². The number of nitriles is 1. The van der Waals surface area contributed by atoms with E-state index in [0.717, 1.165) is 0 Å². The predicted molar refractivity (Wildman–Crippen MR) is 108 cm³/mol. The molecule has 1 atom stereocenters. The van der Waals surface area contributed by atoms with Crippen LogP contribution < -0.4 is 15.2 Å². The van der Waals surface area contributed by atoms with Gasteiger partial charge in [-0.3, -0.25) is 5.73 Å². The van der Waals surface area contributed by atoms with Gasteiger partial charge in [-0.2, -0.15) is 10.4 Å². The first-order valence-corrected chi connectivity index (χ1v) is 9.12. The van der Waals surface area contributed by atoms with Crippen LogP contribution in [0.3, 0.4) is 0 Å². The molecule has 3 aromatic rings. The molecule has 1 aliphatic rings. The van der Waals surface area contributed by atoms with Crippen molar-refractivity contribution in [3.8, 4) is 29.1 Å². The summed E-state index contributed by atoms with van der Waals surface area (Å²) in [5.41, 5.74) is 9.69. The van der Waals surface area contributed by atoms with Crippen molar-refractivity contribution in [1.29, 1.82) is 5.26 Å². The number of phenolic OH excluding ortho intramolecular Hbond substituents is 1. The molecule has 0 saturated carbocycles. The molecule has 2 heterocycles. The molecule has 0 aliphatic carbocycles. The van der Waals surface area contributed by atoms with Crippen molar-refractivity contribution in [2.24, 2.45) is 5.73 Å². The Balaban J connectivity index is 1.99. The Kier molecular flexibility index (Phi) is 4.66. The van der Waals surface area contributed by atoms with Gasteiger partial charge in [0.05, 0.1) is 29.6 Å². The molecular formula is C21H17ClN4O3. The number of methoxy groups -OCH3 is 1. The molecule has 4 rings (SSSR count). The minimum atomic E-state index is -0.976. The van der Waals surface area contributed by atoms with Crippen LogP contribution in [0.4, 0.5) is 0 Å². The lowest BCUT2D eigenvalue weighted by atomic mass is 9.91. The molecule has 0 fully saturated rings. The first-order chi connectivity index (χ1) is 13.9. The number of ether oxygens (including phenoxy) is 2. The fraction of sp³-hybridized carbons (Fsp3) is 0.143. The lowest BCUT2D eigenvalue weighted by molar-refractivity contribution is 0.228. The van der Waals surface area contributed by atoms with Crippen LogP contribution in [0.25, 0.3) is 11.3 Å². The van der Waals surface area contributed by atoms with Crippen molar-refractivity contribution in [3.05, 3.63) is 69.9 Å². The van der Waals surface area contributed by atoms with Gasteiger partial charge in [0, 0.05) is 10.6 Å². The highest BCUT2D eigenvalue weighted by Gasteiger charge is 2.33. The van der Waals surface area contributed by atoms with Gasteiger partial charge in [0.1, 0.15) is 6.07 Å². The molecule has 29 heavy (non-hydrogen) atoms. The number of aromatic hydroxyl groups is 1. The lowest BCUT2D eigenvalue weighted by Crippen LogP contribution is -2.33. The minimum absolute atomic E-state index is 0.00159. The molecule has 7 nitrogen and oxygen atoms in total. The van der Waals surface area contributed by atoms with Crippen LogP contribution in [-0.4, -0.2) is 28.2 Å². The Morgan fingerprint density at radius 1 is 1.31 bits per heavy atom. The quantitative estimate of drug-likeness (QED) is 0.686. The second kappa shape index (κ2) is 7.17. The molecule has 0 bridgehead atoms. The number of nitrogens with zero attached hydrogens (tertiary/aromatic N) is 3. The summed E-state index contributed by atoms with van der Waals surface area (Å²) in [6, 6.07) is 14.2. The van der Waals surface area contributed by atoms with Crippen LogP contribution in [0.2, 0.25) is 5.02 Å². The Morgan fingerprint density at radius 2 is 2.10 bits per heavy atom. The van der Waals surface area contributed by atoms with Crippen LogP contribution >= 0.6 is 11.6 Å². The fourth-order valence-corrected chi connectivity index (χ4v) is 3.58. The summed E-state index contributed by atoms with van der Waals surface area (Å²) in [7, 11) is 1.46. The number of benzene rings is 2. The van der Waals surface area contributed by atoms with Crippen molar-refractivity contribution >= 4 is 17.2 Å². The van der Waals surface area contributed by atoms with Gasteiger partial charge >= 0.3 is 0 Å². The van der Waals surface area contributed by atoms with Gasteiger partial charge in [-0.15, -0.1) is 0 Å². The van der Waals surface area contributed by atoms with Crippen molar-refractivity contribution in [1.82, 2.24) is 9.78 Å². The van der Waals surface area contributed by atoms with E-state index in [-0.39, 0.29) is 17.1 Å². The van der Waals surface area contributed by atoms with Crippen LogP contribution in [0.15, 0.2) is 48.0 Å². The predicted octanol–water partition coefficient (Wildman–Crippen LogP) is 3.55. The Bertz CT molecular complexity index is 1190. The molecule has 0 radical (unpaired) electrons. The monoisotopic (exact) mass is 408 g/mol. The normalized spacial score (nSPS) is 15.5. The smallest absolute Gasteiger partial charge is 0.226 e. The van der Waals surface area contributed by atoms with Gasteiger partial charge in [-0.25, -0.2) is 4.68 Å². The Morgan fingerprint density at radius 3 is 2.79 bits per heavy atom. The molecular weight excluding hydrogens is 392 g/mol. The molecule has 8 heteroatoms. The molecule has 1 unspecified atom stereocenters. The number of fused-ring (bicyclic) bond motifs is 1. The summed E-state index contributed by atoms with van der Waals surface area (Å²) < 4.78 is 12.7. The van der Waals surface area contributed by atoms with E-state index < -0.39 is 6.23 Å². The number of hydrogen-bond donors (Lipinski definition) is 2. The van der Waals surface area contributed by atoms with Gasteiger partial charge in [0.25, 0.3) is 0 Å². The van der Waals surface area contributed by atoms with Crippen LogP contribution in [0, 0.1) is 18.3 Å². The van der Waals surface area contributed by atoms with Gasteiger partial charge in [-0.05, 0) is 42.8 Å². The SMILES string of the molecule is COc1cc(C2=C(C#N)C(N)Oc3c2c(C)nn3-c2cccc(Cl)c2)ccc1O. The number of aromatic nitrogens is 2. The average Bonchev–Trinajstić information content (AvgIpc) is 3.03. The van der Waals surface area contributed by atoms with E-state index in [1.54, 1.807) is 28.9 Å². The van der Waals surface area contributed by atoms with Crippen LogP contribution in [0.5, 0.6) is 17.4 Å². The standard InChI is InChI=1S/C21H17ClN4O3/c1-11-18-19(12-6-7-16(27)17(8-12)28-2)15(10-23)20(24)29-21(18)26(25-11)14-5-3-4-13(22)9-14/h3-9,20,27H,24H2,1-2H3. The number of halogens is 1. The minimum Gasteiger partial charge on any atom is -0.504 e. The highest BCUT2D eigenvalue weighted by atomic mass is 35.5. The third kappa shape index (κ3) is 3.09. The van der Waals surface area contributed by atoms with Gasteiger partial charge in [0.2, 0.25) is 5.88 Å². The largest absolute Gasteiger partial charge is 0.504 e. The maximum Gasteiger partial charge on any atom is 0.226 e. The maximum absolute atomic E-state index is 9.95. The molecule has 3 N–H and O–H groups in total. The van der Waals surface area contributed by atoms with E-state index >= 15 is 0 Å². The van der Waals surface area contributed by atoms with E-state index in [0.29, 0.717) is 39.0 Å². The second-order valence-electron chi connectivity index (χ2n) is 6.48. The third-order valence-electron chi connectivity index (χ3n) is 4.70. The van der Waals surface area contributed by atoms with Gasteiger partial charge in [-0.1, -0.05) is 23.7 Å². The van der Waals surface area contributed by atoms with Gasteiger partial charge in [0.15, 0.2) is 17.7 Å². The molecule has 0 amide bonds. The summed E-state index contributed by atoms with van der Waals surface area (Å²) >= 11 is 6.14. The van der Waals surface area contributed by atoms with E-state index in [2.05, 4.69) is 11.2 Å². The van der Waals surface area contributed by atoms with E-state index in [1.807, 2.05) is 19.1 Å². The zero-order chi connectivity index (χ0) is 20.7. The van der Waals surface area contributed by atoms with Crippen molar-refractivity contribution in [3.63, 3.8) is 0 Å². The van der Waals surface area contributed by atoms with E-state index in [1.165, 1.54) is 13.2 Å². The van der Waals surface area contributed by atoms with E-state index in [9.17, 15) is 10.4 Å². The lowest BCUT2D eigenvalue weighted by Gasteiger charge is -2.25. The average molecular weight is 409 g/mol. The Hall–Kier alpha value is -3.47. The summed E-state index contributed by atoms with van der Waals surface area (Å²) in [4.78, 5) is 0. The number of rotatable bonds is 3. The Labute approximate surface area is 172 Å². The number of nitrogens with two attached hydrogens (primary N) is 1. The topological polar surface area (TPSA) is 106 Å². The molecule has 1 aromatic heterocycles. The second-order valence-corrected chi connectivity index (χ2v) is 6.92. The molecule has 146 valence electrons. The van der Waals surface area contributed by atoms with E-state index in [4.69, 9.17) is 26.8 Å². The highest BCUT2D eigenvalue weighted by molar-refractivity contribution is 6.30. The summed E-state index contributed by atoms with van der Waals surface area (Å²) in [6.07, 6.45) is -0.976. The summed E-state index contributed by atoms with van der Waals surface area (Å²) in [6.45, 7) is 1.83. The molecule has 0 spiro atoms. The van der Waals surface area contributed by atoms with Crippen molar-refractivity contribution in [2.45, 2.75) is 13.2 Å².